The van der Waals surface area contributed by atoms with Gasteiger partial charge in [-0.3, -0.25) is 0 Å². The molecule has 0 N–H and O–H groups in total. The molecule has 0 aromatic heterocycles. The minimum Gasteiger partial charge on any atom is -0.0722 e. The Morgan fingerprint density at radius 2 is 1.53 bits per heavy atom. The van der Waals surface area contributed by atoms with Gasteiger partial charge in [0.05, 0.1) is 0 Å². The van der Waals surface area contributed by atoms with Crippen molar-refractivity contribution in [2.45, 2.75) is 13.3 Å². The lowest BCUT2D eigenvalue weighted by atomic mass is 10.2. The zero-order chi connectivity index (χ0) is 13.1. The van der Waals surface area contributed by atoms with E-state index in [4.69, 9.17) is 0 Å². The molecule has 0 nitrogen and oxygen atoms in total. The largest absolute Gasteiger partial charge is 0.0722 e. The van der Waals surface area contributed by atoms with E-state index in [2.05, 4.69) is 79.2 Å². The van der Waals surface area contributed by atoms with E-state index in [-0.39, 0.29) is 0 Å². The minimum absolute atomic E-state index is 1.24. The van der Waals surface area contributed by atoms with Crippen LogP contribution in [0.25, 0.3) is 0 Å². The fourth-order valence-corrected chi connectivity index (χ4v) is 6.73. The first-order valence-corrected chi connectivity index (χ1v) is 8.92. The van der Waals surface area contributed by atoms with Crippen LogP contribution in [0.3, 0.4) is 0 Å². The number of benzene rings is 2. The Morgan fingerprint density at radius 3 is 2.11 bits per heavy atom. The van der Waals surface area contributed by atoms with Gasteiger partial charge in [-0.2, -0.15) is 0 Å². The third-order valence-electron chi connectivity index (χ3n) is 3.74. The van der Waals surface area contributed by atoms with Gasteiger partial charge in [-0.25, -0.2) is 0 Å². The summed E-state index contributed by atoms with van der Waals surface area (Å²) in [5.41, 5.74) is 2.90. The molecule has 19 heavy (non-hydrogen) atoms. The minimum atomic E-state index is -1.26. The standard InChI is InChI=1S/C18H19P/c1-16-12-13-19(14-16,18-10-6-3-7-11-18)15-17-8-4-2-5-9-17/h2-11,14-15H,12-13H2,1H3. The first-order chi connectivity index (χ1) is 9.28. The van der Waals surface area contributed by atoms with E-state index in [9.17, 15) is 0 Å². The lowest BCUT2D eigenvalue weighted by molar-refractivity contribution is 1.14. The highest BCUT2D eigenvalue weighted by Gasteiger charge is 2.22. The van der Waals surface area contributed by atoms with Crippen LogP contribution in [0.4, 0.5) is 0 Å². The van der Waals surface area contributed by atoms with Crippen molar-refractivity contribution in [3.05, 3.63) is 77.6 Å². The second kappa shape index (κ2) is 5.23. The van der Waals surface area contributed by atoms with Gasteiger partial charge in [0.25, 0.3) is 0 Å². The lowest BCUT2D eigenvalue weighted by Gasteiger charge is -2.19. The van der Waals surface area contributed by atoms with E-state index < -0.39 is 6.89 Å². The summed E-state index contributed by atoms with van der Waals surface area (Å²) in [7, 11) is 0. The molecule has 3 rings (SSSR count). The highest BCUT2D eigenvalue weighted by atomic mass is 31.2. The smallest absolute Gasteiger partial charge is 0.0208 e. The van der Waals surface area contributed by atoms with Gasteiger partial charge >= 0.3 is 0 Å². The SMILES string of the molecule is CC1=CP(=Cc2ccccc2)(c2ccccc2)CC1. The molecule has 0 radical (unpaired) electrons. The highest BCUT2D eigenvalue weighted by Crippen LogP contribution is 2.54. The van der Waals surface area contributed by atoms with Crippen molar-refractivity contribution in [3.8, 4) is 0 Å². The molecule has 0 amide bonds. The van der Waals surface area contributed by atoms with Gasteiger partial charge < -0.3 is 0 Å². The van der Waals surface area contributed by atoms with Crippen LogP contribution >= 0.6 is 6.89 Å². The van der Waals surface area contributed by atoms with Crippen molar-refractivity contribution in [1.29, 1.82) is 0 Å². The summed E-state index contributed by atoms with van der Waals surface area (Å²) in [6.07, 6.45) is 2.53. The van der Waals surface area contributed by atoms with E-state index in [1.54, 1.807) is 5.57 Å². The van der Waals surface area contributed by atoms with Crippen LogP contribution in [-0.2, 0) is 0 Å². The first-order valence-electron chi connectivity index (χ1n) is 6.81. The quantitative estimate of drug-likeness (QED) is 0.703. The van der Waals surface area contributed by atoms with Gasteiger partial charge in [0, 0.05) is 0 Å². The molecule has 0 bridgehead atoms. The third kappa shape index (κ3) is 2.60. The van der Waals surface area contributed by atoms with Crippen LogP contribution < -0.4 is 5.30 Å². The van der Waals surface area contributed by atoms with Gasteiger partial charge in [-0.05, 0) is 36.2 Å². The topological polar surface area (TPSA) is 0 Å². The molecule has 96 valence electrons. The number of hydrogen-bond acceptors (Lipinski definition) is 0. The Morgan fingerprint density at radius 1 is 0.895 bits per heavy atom. The fourth-order valence-electron chi connectivity index (χ4n) is 2.77. The summed E-state index contributed by atoms with van der Waals surface area (Å²) < 4.78 is 0. The first kappa shape index (κ1) is 12.5. The molecular weight excluding hydrogens is 247 g/mol. The molecule has 1 aliphatic rings. The van der Waals surface area contributed by atoms with E-state index >= 15 is 0 Å². The zero-order valence-electron chi connectivity index (χ0n) is 11.3. The molecule has 1 atom stereocenters. The van der Waals surface area contributed by atoms with E-state index in [0.717, 1.165) is 0 Å². The number of hydrogen-bond donors (Lipinski definition) is 0. The van der Waals surface area contributed by atoms with Crippen molar-refractivity contribution in [2.75, 3.05) is 6.16 Å². The Hall–Kier alpha value is -1.52. The lowest BCUT2D eigenvalue weighted by Crippen LogP contribution is -2.06. The van der Waals surface area contributed by atoms with Crippen molar-refractivity contribution < 1.29 is 0 Å². The predicted octanol–water partition coefficient (Wildman–Crippen LogP) is 4.49. The molecule has 1 aliphatic heterocycles. The zero-order valence-corrected chi connectivity index (χ0v) is 12.2. The maximum Gasteiger partial charge on any atom is -0.0208 e. The van der Waals surface area contributed by atoms with Gasteiger partial charge in [-0.15, -0.1) is 0 Å². The number of rotatable bonds is 2. The predicted molar refractivity (Wildman–Crippen MR) is 87.8 cm³/mol. The summed E-state index contributed by atoms with van der Waals surface area (Å²) in [6.45, 7) is 1.00. The summed E-state index contributed by atoms with van der Waals surface area (Å²) in [4.78, 5) is 0. The van der Waals surface area contributed by atoms with E-state index in [1.807, 2.05) is 0 Å². The summed E-state index contributed by atoms with van der Waals surface area (Å²) in [5, 5.41) is 1.51. The van der Waals surface area contributed by atoms with Crippen LogP contribution in [0.15, 0.2) is 72.1 Å². The summed E-state index contributed by atoms with van der Waals surface area (Å²) in [6, 6.07) is 21.8. The fraction of sp³-hybridized carbons (Fsp3) is 0.167. The second-order valence-corrected chi connectivity index (χ2v) is 8.60. The molecule has 1 heterocycles. The van der Waals surface area contributed by atoms with Gasteiger partial charge in [-0.1, -0.05) is 78.9 Å². The molecule has 0 saturated heterocycles. The van der Waals surface area contributed by atoms with Crippen LogP contribution in [0.1, 0.15) is 18.9 Å². The maximum absolute atomic E-state index is 2.55. The highest BCUT2D eigenvalue weighted by molar-refractivity contribution is 7.85. The van der Waals surface area contributed by atoms with Crippen LogP contribution in [0.5, 0.6) is 0 Å². The summed E-state index contributed by atoms with van der Waals surface area (Å²) >= 11 is 0. The van der Waals surface area contributed by atoms with Crippen LogP contribution in [0.2, 0.25) is 0 Å². The number of allylic oxidation sites excluding steroid dienone is 1. The van der Waals surface area contributed by atoms with Gasteiger partial charge in [0.1, 0.15) is 0 Å². The van der Waals surface area contributed by atoms with E-state index in [1.165, 1.54) is 23.5 Å². The Labute approximate surface area is 115 Å². The molecule has 1 unspecified atom stereocenters. The molecule has 0 aliphatic carbocycles. The summed E-state index contributed by atoms with van der Waals surface area (Å²) in [5.74, 6) is 5.08. The van der Waals surface area contributed by atoms with Crippen LogP contribution in [-0.4, -0.2) is 12.0 Å². The van der Waals surface area contributed by atoms with E-state index in [0.29, 0.717) is 0 Å². The average Bonchev–Trinajstić information content (AvgIpc) is 2.83. The molecule has 0 saturated carbocycles. The molecule has 0 spiro atoms. The molecular formula is C18H19P. The maximum atomic E-state index is 2.55. The Bertz CT molecular complexity index is 636. The van der Waals surface area contributed by atoms with Crippen molar-refractivity contribution in [1.82, 2.24) is 0 Å². The molecule has 0 fully saturated rings. The van der Waals surface area contributed by atoms with Gasteiger partial charge in [0.2, 0.25) is 0 Å². The normalized spacial score (nSPS) is 22.1. The van der Waals surface area contributed by atoms with Gasteiger partial charge in [0.15, 0.2) is 0 Å². The second-order valence-electron chi connectivity index (χ2n) is 5.25. The van der Waals surface area contributed by atoms with Crippen molar-refractivity contribution in [3.63, 3.8) is 0 Å². The Kier molecular flexibility index (Phi) is 3.44. The molecule has 1 heteroatoms. The van der Waals surface area contributed by atoms with Crippen LogP contribution in [0, 0.1) is 0 Å². The monoisotopic (exact) mass is 266 g/mol. The third-order valence-corrected chi connectivity index (χ3v) is 7.63. The average molecular weight is 266 g/mol. The molecule has 2 aromatic rings. The Balaban J connectivity index is 2.17. The molecule has 2 aromatic carbocycles. The van der Waals surface area contributed by atoms with Crippen molar-refractivity contribution in [2.24, 2.45) is 0 Å². The van der Waals surface area contributed by atoms with Crippen molar-refractivity contribution >= 4 is 18.0 Å².